The third kappa shape index (κ3) is 1.45. The second-order valence-electron chi connectivity index (χ2n) is 3.35. The minimum absolute atomic E-state index is 0.617. The summed E-state index contributed by atoms with van der Waals surface area (Å²) in [5, 5.41) is 0. The van der Waals surface area contributed by atoms with Crippen LogP contribution >= 0.6 is 0 Å². The van der Waals surface area contributed by atoms with Gasteiger partial charge in [0, 0.05) is 25.4 Å². The molecule has 1 heteroatoms. The lowest BCUT2D eigenvalue weighted by Crippen LogP contribution is -2.54. The minimum atomic E-state index is -1.92. The number of rotatable bonds is 0. The van der Waals surface area contributed by atoms with Crippen molar-refractivity contribution in [1.82, 2.24) is 4.90 Å². The van der Waals surface area contributed by atoms with Gasteiger partial charge in [-0.05, 0) is 26.7 Å². The highest BCUT2D eigenvalue weighted by molar-refractivity contribution is 4.86. The lowest BCUT2D eigenvalue weighted by Gasteiger charge is -2.46. The fourth-order valence-corrected chi connectivity index (χ4v) is 0.671. The van der Waals surface area contributed by atoms with E-state index in [0.29, 0.717) is 0 Å². The van der Waals surface area contributed by atoms with Gasteiger partial charge in [0.15, 0.2) is 0 Å². The molecule has 54 valence electrons. The van der Waals surface area contributed by atoms with E-state index < -0.39 is 24.4 Å². The predicted molar refractivity (Wildman–Crippen MR) is 40.5 cm³/mol. The third-order valence-corrected chi connectivity index (χ3v) is 1.23. The van der Waals surface area contributed by atoms with E-state index in [9.17, 15) is 0 Å². The number of nitrogens with zero attached hydrogens (tertiary/aromatic N) is 1. The Balaban J connectivity index is 3.13. The van der Waals surface area contributed by atoms with Crippen LogP contribution in [-0.2, 0) is 0 Å². The molecule has 9 heavy (non-hydrogen) atoms. The first-order valence-electron chi connectivity index (χ1n) is 5.67. The third-order valence-electron chi connectivity index (χ3n) is 1.23. The predicted octanol–water partition coefficient (Wildman–Crippen LogP) is 1.74. The Labute approximate surface area is 65.1 Å². The van der Waals surface area contributed by atoms with Crippen LogP contribution in [0, 0.1) is 5.89 Å². The molecule has 0 saturated carbocycles. The molecule has 0 atom stereocenters. The molecule has 0 bridgehead atoms. The van der Waals surface area contributed by atoms with Gasteiger partial charge in [-0.2, -0.15) is 0 Å². The molecule has 0 N–H and O–H groups in total. The number of likely N-dealkylation sites (tertiary alicyclic amines) is 1. The largest absolute Gasteiger partial charge is 0.298 e. The zero-order chi connectivity index (χ0) is 11.6. The van der Waals surface area contributed by atoms with Gasteiger partial charge in [0.2, 0.25) is 0 Å². The molecule has 1 saturated heterocycles. The average Bonchev–Trinajstić information content (AvgIpc) is 1.79. The minimum Gasteiger partial charge on any atom is -0.298 e. The van der Waals surface area contributed by atoms with Crippen molar-refractivity contribution >= 4 is 0 Å². The van der Waals surface area contributed by atoms with Crippen molar-refractivity contribution < 1.29 is 6.85 Å². The van der Waals surface area contributed by atoms with Crippen LogP contribution in [0.2, 0.25) is 0 Å². The van der Waals surface area contributed by atoms with E-state index in [1.54, 1.807) is 20.8 Å². The zero-order valence-corrected chi connectivity index (χ0v) is 6.45. The summed E-state index contributed by atoms with van der Waals surface area (Å²) in [7, 11) is 0. The summed E-state index contributed by atoms with van der Waals surface area (Å²) in [6, 6.07) is 0. The molecule has 1 nitrogen and oxygen atoms in total. The van der Waals surface area contributed by atoms with Crippen molar-refractivity contribution in [3.8, 4) is 0 Å². The smallest absolute Gasteiger partial charge is 0.0434 e. The van der Waals surface area contributed by atoms with Crippen LogP contribution in [0.15, 0.2) is 0 Å². The molecule has 0 amide bonds. The molecule has 1 aliphatic rings. The fourth-order valence-electron chi connectivity index (χ4n) is 0.671. The maximum absolute atomic E-state index is 7.70. The highest BCUT2D eigenvalue weighted by Crippen LogP contribution is 2.24. The topological polar surface area (TPSA) is 3.24 Å². The first-order valence-corrected chi connectivity index (χ1v) is 3.17. The normalized spacial score (nSPS) is 46.9. The summed E-state index contributed by atoms with van der Waals surface area (Å²) in [5.41, 5.74) is -0.617. The molecule has 0 radical (unpaired) electrons. The van der Waals surface area contributed by atoms with E-state index in [4.69, 9.17) is 6.85 Å². The average molecular weight is 132 g/mol. The Morgan fingerprint density at radius 2 is 2.00 bits per heavy atom. The van der Waals surface area contributed by atoms with Crippen LogP contribution in [-0.4, -0.2) is 23.4 Å². The highest BCUT2D eigenvalue weighted by atomic mass is 15.2. The Bertz CT molecular complexity index is 235. The number of hydrogen-bond donors (Lipinski definition) is 0. The molecular formula is C8H17N. The van der Waals surface area contributed by atoms with Gasteiger partial charge in [-0.25, -0.2) is 0 Å². The molecule has 1 fully saturated rings. The van der Waals surface area contributed by atoms with Crippen molar-refractivity contribution in [3.63, 3.8) is 0 Å². The molecule has 0 aromatic heterocycles. The second kappa shape index (κ2) is 1.98. The Morgan fingerprint density at radius 3 is 2.22 bits per heavy atom. The van der Waals surface area contributed by atoms with Crippen molar-refractivity contribution in [3.05, 3.63) is 0 Å². The van der Waals surface area contributed by atoms with Gasteiger partial charge in [-0.3, -0.25) is 4.90 Å². The van der Waals surface area contributed by atoms with Gasteiger partial charge in [-0.15, -0.1) is 0 Å². The van der Waals surface area contributed by atoms with Gasteiger partial charge in [-0.1, -0.05) is 6.92 Å². The van der Waals surface area contributed by atoms with Gasteiger partial charge >= 0.3 is 0 Å². The summed E-state index contributed by atoms with van der Waals surface area (Å²) in [4.78, 5) is 1.12. The lowest BCUT2D eigenvalue weighted by molar-refractivity contribution is 0.0224. The van der Waals surface area contributed by atoms with Gasteiger partial charge in [0.1, 0.15) is 0 Å². The van der Waals surface area contributed by atoms with E-state index in [2.05, 4.69) is 0 Å². The maximum atomic E-state index is 7.70. The first kappa shape index (κ1) is 2.91. The van der Waals surface area contributed by atoms with Crippen molar-refractivity contribution in [1.29, 1.82) is 0 Å². The summed E-state index contributed by atoms with van der Waals surface area (Å²) in [6.07, 6.45) is 0. The van der Waals surface area contributed by atoms with Crippen LogP contribution in [0.25, 0.3) is 0 Å². The Hall–Kier alpha value is -0.0400. The molecule has 0 aromatic carbocycles. The summed E-state index contributed by atoms with van der Waals surface area (Å²) in [6.45, 7) is 2.70. The molecule has 0 spiro atoms. The van der Waals surface area contributed by atoms with E-state index in [-0.39, 0.29) is 0 Å². The Kier molecular flexibility index (Phi) is 0.640. The van der Waals surface area contributed by atoms with Crippen molar-refractivity contribution in [2.75, 3.05) is 13.0 Å². The zero-order valence-electron chi connectivity index (χ0n) is 11.4. The molecule has 1 aliphatic heterocycles. The van der Waals surface area contributed by atoms with Crippen LogP contribution in [0.1, 0.15) is 34.5 Å². The Morgan fingerprint density at radius 1 is 1.56 bits per heavy atom. The van der Waals surface area contributed by atoms with E-state index in [1.807, 2.05) is 0 Å². The standard InChI is InChI=1S/C8H17N/c1-7-5-9(6-7)8(2,3)4/h7H,5-6H2,1-4H3/i5D2,6D2,7D. The summed E-state index contributed by atoms with van der Waals surface area (Å²) < 4.78 is 38.5. The van der Waals surface area contributed by atoms with Crippen molar-refractivity contribution in [2.45, 2.75) is 33.2 Å². The molecule has 1 rings (SSSR count). The van der Waals surface area contributed by atoms with Gasteiger partial charge in [0.25, 0.3) is 0 Å². The highest BCUT2D eigenvalue weighted by Gasteiger charge is 2.31. The van der Waals surface area contributed by atoms with E-state index >= 15 is 0 Å². The number of hydrogen-bond acceptors (Lipinski definition) is 1. The maximum Gasteiger partial charge on any atom is 0.0434 e. The monoisotopic (exact) mass is 132 g/mol. The van der Waals surface area contributed by atoms with Gasteiger partial charge in [0.05, 0.1) is 0 Å². The van der Waals surface area contributed by atoms with Crippen LogP contribution in [0.3, 0.4) is 0 Å². The lowest BCUT2D eigenvalue weighted by atomic mass is 9.94. The van der Waals surface area contributed by atoms with Crippen LogP contribution < -0.4 is 0 Å². The SMILES string of the molecule is [2H]C1([2H])N(C(C)(C)C)C([2H])([2H])C1([2H])C. The van der Waals surface area contributed by atoms with Crippen LogP contribution in [0.5, 0.6) is 0 Å². The molecular weight excluding hydrogens is 110 g/mol. The van der Waals surface area contributed by atoms with Crippen LogP contribution in [0.4, 0.5) is 0 Å². The molecule has 1 heterocycles. The summed E-state index contributed by atoms with van der Waals surface area (Å²) in [5.74, 6) is -1.72. The summed E-state index contributed by atoms with van der Waals surface area (Å²) >= 11 is 0. The van der Waals surface area contributed by atoms with E-state index in [0.717, 1.165) is 4.90 Å². The fraction of sp³-hybridized carbons (Fsp3) is 1.00. The van der Waals surface area contributed by atoms with Crippen molar-refractivity contribution in [2.24, 2.45) is 5.89 Å². The van der Waals surface area contributed by atoms with Gasteiger partial charge < -0.3 is 0 Å². The van der Waals surface area contributed by atoms with E-state index in [1.165, 1.54) is 6.92 Å². The quantitative estimate of drug-likeness (QED) is 0.485. The molecule has 0 unspecified atom stereocenters. The molecule has 0 aliphatic carbocycles. The molecule has 0 aromatic rings. The first-order chi connectivity index (χ1) is 5.87. The second-order valence-corrected chi connectivity index (χ2v) is 3.35.